The molecular formula is C23H25ClN4O5S. The van der Waals surface area contributed by atoms with Crippen molar-refractivity contribution in [1.29, 1.82) is 0 Å². The summed E-state index contributed by atoms with van der Waals surface area (Å²) in [5.41, 5.74) is 1.55. The molecule has 1 aliphatic rings. The van der Waals surface area contributed by atoms with E-state index in [2.05, 4.69) is 4.99 Å². The lowest BCUT2D eigenvalue weighted by Gasteiger charge is -2.18. The maximum Gasteiger partial charge on any atom is 0.413 e. The average molecular weight is 505 g/mol. The van der Waals surface area contributed by atoms with E-state index in [0.29, 0.717) is 31.0 Å². The van der Waals surface area contributed by atoms with Crippen molar-refractivity contribution in [3.8, 4) is 0 Å². The minimum absolute atomic E-state index is 0.00399. The van der Waals surface area contributed by atoms with Gasteiger partial charge < -0.3 is 10.0 Å². The Morgan fingerprint density at radius 2 is 1.82 bits per heavy atom. The van der Waals surface area contributed by atoms with Gasteiger partial charge in [0.1, 0.15) is 10.7 Å². The first-order valence-electron chi connectivity index (χ1n) is 10.4. The molecule has 0 unspecified atom stereocenters. The molecule has 0 fully saturated rings. The van der Waals surface area contributed by atoms with E-state index in [4.69, 9.17) is 11.6 Å². The molecule has 1 N–H and O–H groups in total. The van der Waals surface area contributed by atoms with Gasteiger partial charge in [0.15, 0.2) is 0 Å². The molecule has 3 rings (SSSR count). The summed E-state index contributed by atoms with van der Waals surface area (Å²) in [7, 11) is -0.729. The number of carbonyl (C=O) groups excluding carboxylic acids is 1. The summed E-state index contributed by atoms with van der Waals surface area (Å²) < 4.78 is 26.4. The average Bonchev–Trinajstić information content (AvgIpc) is 3.30. The number of benzene rings is 2. The summed E-state index contributed by atoms with van der Waals surface area (Å²) in [6, 6.07) is 13.4. The number of amides is 2. The van der Waals surface area contributed by atoms with Crippen LogP contribution in [0, 0.1) is 0 Å². The number of rotatable bonds is 8. The van der Waals surface area contributed by atoms with E-state index in [1.54, 1.807) is 31.3 Å². The molecule has 9 nitrogen and oxygen atoms in total. The molecule has 34 heavy (non-hydrogen) atoms. The zero-order valence-corrected chi connectivity index (χ0v) is 20.3. The first-order valence-corrected chi connectivity index (χ1v) is 12.2. The van der Waals surface area contributed by atoms with Gasteiger partial charge in [-0.1, -0.05) is 54.1 Å². The second-order valence-corrected chi connectivity index (χ2v) is 10.1. The van der Waals surface area contributed by atoms with Crippen LogP contribution < -0.4 is 0 Å². The van der Waals surface area contributed by atoms with Crippen LogP contribution in [0.5, 0.6) is 0 Å². The minimum Gasteiger partial charge on any atom is -0.465 e. The molecule has 11 heteroatoms. The molecule has 0 saturated heterocycles. The monoisotopic (exact) mass is 504 g/mol. The lowest BCUT2D eigenvalue weighted by molar-refractivity contribution is -0.125. The number of likely N-dealkylation sites (N-methyl/N-ethyl adjacent to an activating group) is 2. The van der Waals surface area contributed by atoms with Crippen molar-refractivity contribution in [3.05, 3.63) is 76.8 Å². The molecule has 2 aromatic carbocycles. The van der Waals surface area contributed by atoms with E-state index >= 15 is 0 Å². The van der Waals surface area contributed by atoms with E-state index in [1.807, 2.05) is 12.1 Å². The van der Waals surface area contributed by atoms with Gasteiger partial charge in [0, 0.05) is 38.8 Å². The summed E-state index contributed by atoms with van der Waals surface area (Å²) >= 11 is 6.00. The molecule has 180 valence electrons. The number of halogens is 1. The first kappa shape index (κ1) is 25.4. The molecule has 0 saturated carbocycles. The highest BCUT2D eigenvalue weighted by molar-refractivity contribution is 7.89. The van der Waals surface area contributed by atoms with Crippen LogP contribution in [0.3, 0.4) is 0 Å². The summed E-state index contributed by atoms with van der Waals surface area (Å²) in [6.45, 7) is 1.10. The zero-order chi connectivity index (χ0) is 24.9. The lowest BCUT2D eigenvalue weighted by Crippen LogP contribution is -2.33. The van der Waals surface area contributed by atoms with E-state index in [-0.39, 0.29) is 22.4 Å². The van der Waals surface area contributed by atoms with Gasteiger partial charge in [-0.3, -0.25) is 14.7 Å². The standard InChI is InChI=1S/C23H25ClN4O5S/c1-26(16-17-9-11-18(12-10-17)22-25-13-15-28(22)23(30)31)21(29)8-5-14-27(2)34(32,33)20-7-4-3-6-19(20)24/h3-12H,13-16H2,1-2H3,(H,30,31)/b8-5+. The summed E-state index contributed by atoms with van der Waals surface area (Å²) in [5.74, 6) is 0.132. The predicted molar refractivity (Wildman–Crippen MR) is 129 cm³/mol. The second kappa shape index (κ2) is 10.8. The van der Waals surface area contributed by atoms with Gasteiger partial charge in [-0.15, -0.1) is 0 Å². The molecule has 0 aliphatic carbocycles. The second-order valence-electron chi connectivity index (χ2n) is 7.65. The summed E-state index contributed by atoms with van der Waals surface area (Å²) in [6.07, 6.45) is 1.77. The Morgan fingerprint density at radius 1 is 1.15 bits per heavy atom. The van der Waals surface area contributed by atoms with E-state index in [9.17, 15) is 23.1 Å². The highest BCUT2D eigenvalue weighted by Gasteiger charge is 2.24. The quantitative estimate of drug-likeness (QED) is 0.556. The van der Waals surface area contributed by atoms with Crippen LogP contribution >= 0.6 is 11.6 Å². The Bertz CT molecular complexity index is 1230. The SMILES string of the molecule is CN(Cc1ccc(C2=NCCN2C(=O)O)cc1)C(=O)/C=C/CN(C)S(=O)(=O)c1ccccc1Cl. The van der Waals surface area contributed by atoms with Crippen molar-refractivity contribution in [2.45, 2.75) is 11.4 Å². The molecular weight excluding hydrogens is 480 g/mol. The van der Waals surface area contributed by atoms with Crippen LogP contribution in [0.15, 0.2) is 70.6 Å². The zero-order valence-electron chi connectivity index (χ0n) is 18.8. The largest absolute Gasteiger partial charge is 0.465 e. The highest BCUT2D eigenvalue weighted by atomic mass is 35.5. The molecule has 0 radical (unpaired) electrons. The third kappa shape index (κ3) is 5.82. The third-order valence-corrected chi connectivity index (χ3v) is 7.55. The van der Waals surface area contributed by atoms with Crippen molar-refractivity contribution < 1.29 is 23.1 Å². The molecule has 2 amide bonds. The fourth-order valence-corrected chi connectivity index (χ4v) is 4.95. The third-order valence-electron chi connectivity index (χ3n) is 5.23. The van der Waals surface area contributed by atoms with Gasteiger partial charge in [-0.25, -0.2) is 13.2 Å². The van der Waals surface area contributed by atoms with Crippen LogP contribution in [-0.2, 0) is 21.4 Å². The molecule has 1 heterocycles. The number of hydrogen-bond acceptors (Lipinski definition) is 5. The number of carboxylic acid groups (broad SMARTS) is 1. The van der Waals surface area contributed by atoms with Gasteiger partial charge in [0.25, 0.3) is 0 Å². The fraction of sp³-hybridized carbons (Fsp3) is 0.261. The fourth-order valence-electron chi connectivity index (χ4n) is 3.34. The Hall–Kier alpha value is -3.21. The van der Waals surface area contributed by atoms with Crippen molar-refractivity contribution in [1.82, 2.24) is 14.1 Å². The van der Waals surface area contributed by atoms with E-state index in [1.165, 1.54) is 41.1 Å². The van der Waals surface area contributed by atoms with Crippen LogP contribution in [0.25, 0.3) is 0 Å². The van der Waals surface area contributed by atoms with Crippen molar-refractivity contribution in [2.24, 2.45) is 4.99 Å². The number of carbonyl (C=O) groups is 2. The molecule has 0 atom stereocenters. The van der Waals surface area contributed by atoms with Crippen LogP contribution in [0.1, 0.15) is 11.1 Å². The predicted octanol–water partition coefficient (Wildman–Crippen LogP) is 2.92. The van der Waals surface area contributed by atoms with Crippen LogP contribution in [0.4, 0.5) is 4.79 Å². The van der Waals surface area contributed by atoms with E-state index < -0.39 is 16.1 Å². The first-order chi connectivity index (χ1) is 16.1. The maximum atomic E-state index is 12.7. The topological polar surface area (TPSA) is 111 Å². The normalized spacial score (nSPS) is 14.0. The number of sulfonamides is 1. The Labute approximate surface area is 203 Å². The van der Waals surface area contributed by atoms with Crippen molar-refractivity contribution >= 4 is 39.5 Å². The summed E-state index contributed by atoms with van der Waals surface area (Å²) in [5, 5.41) is 9.39. The number of aliphatic imine (C=N–C) groups is 1. The van der Waals surface area contributed by atoms with Crippen molar-refractivity contribution in [2.75, 3.05) is 33.7 Å². The molecule has 0 spiro atoms. The lowest BCUT2D eigenvalue weighted by atomic mass is 10.1. The number of nitrogens with zero attached hydrogens (tertiary/aromatic N) is 4. The van der Waals surface area contributed by atoms with Gasteiger partial charge in [-0.2, -0.15) is 4.31 Å². The van der Waals surface area contributed by atoms with Gasteiger partial charge in [0.2, 0.25) is 15.9 Å². The molecule has 1 aliphatic heterocycles. The highest BCUT2D eigenvalue weighted by Crippen LogP contribution is 2.23. The molecule has 0 aromatic heterocycles. The van der Waals surface area contributed by atoms with Crippen LogP contribution in [0.2, 0.25) is 5.02 Å². The van der Waals surface area contributed by atoms with Gasteiger partial charge in [0.05, 0.1) is 18.1 Å². The maximum absolute atomic E-state index is 12.7. The minimum atomic E-state index is -3.78. The Balaban J connectivity index is 1.56. The number of amidine groups is 1. The molecule has 0 bridgehead atoms. The van der Waals surface area contributed by atoms with E-state index in [0.717, 1.165) is 9.87 Å². The summed E-state index contributed by atoms with van der Waals surface area (Å²) in [4.78, 5) is 30.7. The Kier molecular flexibility index (Phi) is 8.08. The van der Waals surface area contributed by atoms with Gasteiger partial charge >= 0.3 is 6.09 Å². The molecule has 2 aromatic rings. The Morgan fingerprint density at radius 3 is 2.47 bits per heavy atom. The van der Waals surface area contributed by atoms with Crippen LogP contribution in [-0.4, -0.2) is 79.2 Å². The van der Waals surface area contributed by atoms with Crippen molar-refractivity contribution in [3.63, 3.8) is 0 Å². The smallest absolute Gasteiger partial charge is 0.413 e. The number of hydrogen-bond donors (Lipinski definition) is 1. The van der Waals surface area contributed by atoms with Gasteiger partial charge in [-0.05, 0) is 17.7 Å².